The molecule has 3 nitrogen and oxygen atoms in total. The van der Waals surface area contributed by atoms with Gasteiger partial charge in [-0.2, -0.15) is 0 Å². The first-order chi connectivity index (χ1) is 9.26. The van der Waals surface area contributed by atoms with Crippen LogP contribution in [0.2, 0.25) is 0 Å². The fraction of sp³-hybridized carbons (Fsp3) is 0.200. The number of hydrogen-bond donors (Lipinski definition) is 2. The zero-order chi connectivity index (χ0) is 13.7. The third kappa shape index (κ3) is 3.10. The van der Waals surface area contributed by atoms with E-state index in [1.54, 1.807) is 18.2 Å². The van der Waals surface area contributed by atoms with Gasteiger partial charge in [-0.25, -0.2) is 4.39 Å². The largest absolute Gasteiger partial charge is 0.457 e. The van der Waals surface area contributed by atoms with E-state index in [0.29, 0.717) is 12.2 Å². The van der Waals surface area contributed by atoms with Crippen molar-refractivity contribution in [2.45, 2.75) is 13.0 Å². The minimum absolute atomic E-state index is 0.0103. The summed E-state index contributed by atoms with van der Waals surface area (Å²) in [5.74, 6) is 0.337. The van der Waals surface area contributed by atoms with Gasteiger partial charge in [-0.15, -0.1) is 0 Å². The number of aliphatic hydroxyl groups is 2. The second-order valence-electron chi connectivity index (χ2n) is 4.06. The second kappa shape index (κ2) is 6.31. The Morgan fingerprint density at radius 1 is 0.947 bits per heavy atom. The van der Waals surface area contributed by atoms with Crippen LogP contribution in [0.15, 0.2) is 42.5 Å². The molecule has 0 radical (unpaired) electrons. The van der Waals surface area contributed by atoms with Crippen molar-refractivity contribution < 1.29 is 19.3 Å². The van der Waals surface area contributed by atoms with Gasteiger partial charge >= 0.3 is 0 Å². The van der Waals surface area contributed by atoms with Gasteiger partial charge in [-0.3, -0.25) is 0 Å². The summed E-state index contributed by atoms with van der Waals surface area (Å²) in [5.41, 5.74) is 0.958. The van der Waals surface area contributed by atoms with E-state index in [2.05, 4.69) is 0 Å². The molecule has 0 amide bonds. The summed E-state index contributed by atoms with van der Waals surface area (Å²) in [5, 5.41) is 18.2. The van der Waals surface area contributed by atoms with Gasteiger partial charge in [0.2, 0.25) is 0 Å². The zero-order valence-electron chi connectivity index (χ0n) is 10.3. The Morgan fingerprint density at radius 3 is 2.42 bits per heavy atom. The maximum atomic E-state index is 13.5. The summed E-state index contributed by atoms with van der Waals surface area (Å²) >= 11 is 0. The molecule has 0 aliphatic heterocycles. The quantitative estimate of drug-likeness (QED) is 0.871. The van der Waals surface area contributed by atoms with Gasteiger partial charge in [0.05, 0.1) is 12.2 Å². The highest BCUT2D eigenvalue weighted by Crippen LogP contribution is 2.29. The van der Waals surface area contributed by atoms with Crippen molar-refractivity contribution in [3.8, 4) is 11.5 Å². The lowest BCUT2D eigenvalue weighted by Gasteiger charge is -2.13. The topological polar surface area (TPSA) is 49.7 Å². The first-order valence-corrected chi connectivity index (χ1v) is 6.01. The van der Waals surface area contributed by atoms with E-state index in [9.17, 15) is 9.50 Å². The molecule has 0 unspecified atom stereocenters. The van der Waals surface area contributed by atoms with Crippen LogP contribution in [0.4, 0.5) is 4.39 Å². The van der Waals surface area contributed by atoms with Crippen molar-refractivity contribution in [1.82, 2.24) is 0 Å². The van der Waals surface area contributed by atoms with Gasteiger partial charge in [-0.1, -0.05) is 24.3 Å². The Kier molecular flexibility index (Phi) is 4.49. The predicted octanol–water partition coefficient (Wildman–Crippen LogP) is 2.65. The molecule has 0 fully saturated rings. The maximum absolute atomic E-state index is 13.5. The van der Waals surface area contributed by atoms with Crippen LogP contribution in [0, 0.1) is 5.82 Å². The lowest BCUT2D eigenvalue weighted by atomic mass is 10.1. The van der Waals surface area contributed by atoms with E-state index in [1.165, 1.54) is 12.1 Å². The molecule has 0 saturated heterocycles. The second-order valence-corrected chi connectivity index (χ2v) is 4.06. The van der Waals surface area contributed by atoms with Crippen LogP contribution in [0.5, 0.6) is 11.5 Å². The summed E-state index contributed by atoms with van der Waals surface area (Å²) in [6, 6.07) is 11.6. The van der Waals surface area contributed by atoms with Crippen molar-refractivity contribution in [2.75, 3.05) is 6.61 Å². The number of ether oxygens (including phenoxy) is 1. The highest BCUT2D eigenvalue weighted by molar-refractivity contribution is 5.41. The Hall–Kier alpha value is -1.91. The lowest BCUT2D eigenvalue weighted by Crippen LogP contribution is -1.99. The summed E-state index contributed by atoms with van der Waals surface area (Å²) in [7, 11) is 0. The van der Waals surface area contributed by atoms with E-state index >= 15 is 0 Å². The molecule has 0 atom stereocenters. The van der Waals surface area contributed by atoms with E-state index in [0.717, 1.165) is 5.56 Å². The van der Waals surface area contributed by atoms with Crippen LogP contribution >= 0.6 is 0 Å². The highest BCUT2D eigenvalue weighted by atomic mass is 19.1. The van der Waals surface area contributed by atoms with Gasteiger partial charge in [0.1, 0.15) is 17.3 Å². The van der Waals surface area contributed by atoms with Crippen LogP contribution < -0.4 is 4.74 Å². The Morgan fingerprint density at radius 2 is 1.68 bits per heavy atom. The number of halogens is 1. The maximum Gasteiger partial charge on any atom is 0.135 e. The number of benzene rings is 2. The number of aliphatic hydroxyl groups excluding tert-OH is 2. The number of rotatable bonds is 5. The fourth-order valence-electron chi connectivity index (χ4n) is 1.84. The van der Waals surface area contributed by atoms with Crippen LogP contribution in [0.3, 0.4) is 0 Å². The van der Waals surface area contributed by atoms with Crippen LogP contribution in [-0.2, 0) is 13.0 Å². The molecule has 0 saturated carbocycles. The van der Waals surface area contributed by atoms with Crippen molar-refractivity contribution in [3.05, 3.63) is 59.4 Å². The minimum atomic E-state index is -0.500. The lowest BCUT2D eigenvalue weighted by molar-refractivity contribution is 0.269. The molecule has 100 valence electrons. The predicted molar refractivity (Wildman–Crippen MR) is 69.6 cm³/mol. The molecule has 0 aliphatic carbocycles. The summed E-state index contributed by atoms with van der Waals surface area (Å²) in [4.78, 5) is 0. The average Bonchev–Trinajstić information content (AvgIpc) is 2.41. The molecule has 0 bridgehead atoms. The SMILES string of the molecule is OCCc1ccccc1Oc1cccc(F)c1CO. The molecule has 0 spiro atoms. The van der Waals surface area contributed by atoms with Crippen molar-refractivity contribution in [3.63, 3.8) is 0 Å². The van der Waals surface area contributed by atoms with E-state index in [-0.39, 0.29) is 17.9 Å². The van der Waals surface area contributed by atoms with Gasteiger partial charge in [0.25, 0.3) is 0 Å². The molecule has 19 heavy (non-hydrogen) atoms. The van der Waals surface area contributed by atoms with E-state index in [4.69, 9.17) is 9.84 Å². The van der Waals surface area contributed by atoms with Crippen LogP contribution in [0.1, 0.15) is 11.1 Å². The van der Waals surface area contributed by atoms with E-state index in [1.807, 2.05) is 12.1 Å². The van der Waals surface area contributed by atoms with E-state index < -0.39 is 12.4 Å². The van der Waals surface area contributed by atoms with Crippen LogP contribution in [-0.4, -0.2) is 16.8 Å². The number of hydrogen-bond acceptors (Lipinski definition) is 3. The highest BCUT2D eigenvalue weighted by Gasteiger charge is 2.11. The third-order valence-electron chi connectivity index (χ3n) is 2.81. The first-order valence-electron chi connectivity index (χ1n) is 6.01. The average molecular weight is 262 g/mol. The van der Waals surface area contributed by atoms with Crippen molar-refractivity contribution in [1.29, 1.82) is 0 Å². The minimum Gasteiger partial charge on any atom is -0.457 e. The fourth-order valence-corrected chi connectivity index (χ4v) is 1.84. The molecule has 2 aromatic rings. The molecule has 0 heterocycles. The van der Waals surface area contributed by atoms with Gasteiger partial charge in [-0.05, 0) is 30.2 Å². The standard InChI is InChI=1S/C15H15FO3/c16-13-5-3-7-15(12(13)10-18)19-14-6-2-1-4-11(14)8-9-17/h1-7,17-18H,8-10H2. The Balaban J connectivity index is 2.33. The molecule has 4 heteroatoms. The molecule has 0 aromatic heterocycles. The number of para-hydroxylation sites is 1. The van der Waals surface area contributed by atoms with Crippen molar-refractivity contribution >= 4 is 0 Å². The molecule has 2 N–H and O–H groups in total. The molecule has 2 aromatic carbocycles. The van der Waals surface area contributed by atoms with Gasteiger partial charge in [0.15, 0.2) is 0 Å². The molecular weight excluding hydrogens is 247 g/mol. The van der Waals surface area contributed by atoms with Crippen LogP contribution in [0.25, 0.3) is 0 Å². The van der Waals surface area contributed by atoms with Gasteiger partial charge in [0, 0.05) is 6.61 Å². The molecule has 2 rings (SSSR count). The smallest absolute Gasteiger partial charge is 0.135 e. The van der Waals surface area contributed by atoms with Crippen molar-refractivity contribution in [2.24, 2.45) is 0 Å². The van der Waals surface area contributed by atoms with Gasteiger partial charge < -0.3 is 14.9 Å². The molecular formula is C15H15FO3. The normalized spacial score (nSPS) is 10.5. The summed E-state index contributed by atoms with van der Waals surface area (Å²) in [6.07, 6.45) is 0.458. The zero-order valence-corrected chi connectivity index (χ0v) is 10.3. The third-order valence-corrected chi connectivity index (χ3v) is 2.81. The Labute approximate surface area is 110 Å². The first kappa shape index (κ1) is 13.5. The molecule has 0 aliphatic rings. The Bertz CT molecular complexity index is 555. The summed E-state index contributed by atoms with van der Waals surface area (Å²) < 4.78 is 19.2. The summed E-state index contributed by atoms with van der Waals surface area (Å²) in [6.45, 7) is -0.416. The monoisotopic (exact) mass is 262 g/mol.